The van der Waals surface area contributed by atoms with Crippen LogP contribution < -0.4 is 5.32 Å². The van der Waals surface area contributed by atoms with Crippen LogP contribution in [0.5, 0.6) is 0 Å². The Morgan fingerprint density at radius 1 is 1.29 bits per heavy atom. The molecule has 1 saturated carbocycles. The van der Waals surface area contributed by atoms with Crippen molar-refractivity contribution in [3.63, 3.8) is 0 Å². The summed E-state index contributed by atoms with van der Waals surface area (Å²) in [6, 6.07) is 0.580. The number of hydrogen-bond donors (Lipinski definition) is 1. The van der Waals surface area contributed by atoms with Gasteiger partial charge in [-0.05, 0) is 43.9 Å². The molecule has 80 valence electrons. The van der Waals surface area contributed by atoms with E-state index in [2.05, 4.69) is 32.0 Å². The molecule has 0 amide bonds. The largest absolute Gasteiger partial charge is 0.303 e. The molecule has 0 aromatic rings. The maximum Gasteiger partial charge on any atom is 0.0575 e. The van der Waals surface area contributed by atoms with Crippen LogP contribution >= 0.6 is 0 Å². The van der Waals surface area contributed by atoms with Gasteiger partial charge in [-0.2, -0.15) is 0 Å². The first-order valence-corrected chi connectivity index (χ1v) is 5.80. The van der Waals surface area contributed by atoms with Crippen LogP contribution in [0.4, 0.5) is 0 Å². The van der Waals surface area contributed by atoms with Gasteiger partial charge < -0.3 is 5.32 Å². The smallest absolute Gasteiger partial charge is 0.0575 e. The Bertz CT molecular complexity index is 194. The fraction of sp³-hybridized carbons (Fsp3) is 0.846. The van der Waals surface area contributed by atoms with Gasteiger partial charge in [0.05, 0.1) is 6.54 Å². The van der Waals surface area contributed by atoms with Gasteiger partial charge in [0.15, 0.2) is 0 Å². The summed E-state index contributed by atoms with van der Waals surface area (Å²) < 4.78 is 0. The first-order chi connectivity index (χ1) is 6.63. The molecule has 1 nitrogen and oxygen atoms in total. The SMILES string of the molecule is C#CCNC(C)C1CC(C)CC(C)C1. The van der Waals surface area contributed by atoms with Gasteiger partial charge in [0.1, 0.15) is 0 Å². The van der Waals surface area contributed by atoms with E-state index in [1.165, 1.54) is 19.3 Å². The summed E-state index contributed by atoms with van der Waals surface area (Å²) in [5.74, 6) is 5.25. The van der Waals surface area contributed by atoms with Gasteiger partial charge in [0, 0.05) is 6.04 Å². The van der Waals surface area contributed by atoms with E-state index >= 15 is 0 Å². The molecule has 0 heterocycles. The molecule has 1 aliphatic rings. The Morgan fingerprint density at radius 3 is 2.36 bits per heavy atom. The molecule has 1 aliphatic carbocycles. The lowest BCUT2D eigenvalue weighted by Gasteiger charge is -2.35. The lowest BCUT2D eigenvalue weighted by molar-refractivity contribution is 0.185. The molecule has 0 radical (unpaired) electrons. The highest BCUT2D eigenvalue weighted by Crippen LogP contribution is 2.34. The van der Waals surface area contributed by atoms with Crippen molar-refractivity contribution in [2.24, 2.45) is 17.8 Å². The average Bonchev–Trinajstić information content (AvgIpc) is 2.12. The fourth-order valence-electron chi connectivity index (χ4n) is 2.80. The molecule has 0 aliphatic heterocycles. The Morgan fingerprint density at radius 2 is 1.86 bits per heavy atom. The summed E-state index contributed by atoms with van der Waals surface area (Å²) in [4.78, 5) is 0. The van der Waals surface area contributed by atoms with Gasteiger partial charge in [0.2, 0.25) is 0 Å². The van der Waals surface area contributed by atoms with Crippen molar-refractivity contribution in [2.45, 2.75) is 46.1 Å². The van der Waals surface area contributed by atoms with Gasteiger partial charge >= 0.3 is 0 Å². The molecule has 1 heteroatoms. The molecule has 1 N–H and O–H groups in total. The topological polar surface area (TPSA) is 12.0 Å². The summed E-state index contributed by atoms with van der Waals surface area (Å²) in [6.45, 7) is 7.72. The van der Waals surface area contributed by atoms with E-state index in [0.29, 0.717) is 12.6 Å². The van der Waals surface area contributed by atoms with Crippen molar-refractivity contribution in [3.8, 4) is 12.3 Å². The predicted octanol–water partition coefficient (Wildman–Crippen LogP) is 2.67. The molecule has 0 spiro atoms. The highest BCUT2D eigenvalue weighted by molar-refractivity contribution is 4.89. The van der Waals surface area contributed by atoms with Crippen molar-refractivity contribution < 1.29 is 0 Å². The Hall–Kier alpha value is -0.480. The minimum absolute atomic E-state index is 0.580. The van der Waals surface area contributed by atoms with Crippen molar-refractivity contribution in [1.29, 1.82) is 0 Å². The molecule has 3 atom stereocenters. The number of terminal acetylenes is 1. The highest BCUT2D eigenvalue weighted by Gasteiger charge is 2.27. The first kappa shape index (κ1) is 11.6. The second-order valence-electron chi connectivity index (χ2n) is 5.05. The lowest BCUT2D eigenvalue weighted by Crippen LogP contribution is -2.37. The second-order valence-corrected chi connectivity index (χ2v) is 5.05. The van der Waals surface area contributed by atoms with Crippen LogP contribution in [0.25, 0.3) is 0 Å². The van der Waals surface area contributed by atoms with Gasteiger partial charge in [-0.1, -0.05) is 19.8 Å². The van der Waals surface area contributed by atoms with Gasteiger partial charge in [-0.25, -0.2) is 0 Å². The van der Waals surface area contributed by atoms with Gasteiger partial charge in [-0.3, -0.25) is 0 Å². The molecular weight excluding hydrogens is 170 g/mol. The van der Waals surface area contributed by atoms with Gasteiger partial charge in [0.25, 0.3) is 0 Å². The van der Waals surface area contributed by atoms with Crippen LogP contribution in [0.1, 0.15) is 40.0 Å². The monoisotopic (exact) mass is 193 g/mol. The molecule has 0 bridgehead atoms. The minimum Gasteiger partial charge on any atom is -0.303 e. The molecule has 3 unspecified atom stereocenters. The van der Waals surface area contributed by atoms with Crippen molar-refractivity contribution in [3.05, 3.63) is 0 Å². The van der Waals surface area contributed by atoms with Crippen molar-refractivity contribution in [2.75, 3.05) is 6.54 Å². The molecule has 1 rings (SSSR count). The quantitative estimate of drug-likeness (QED) is 0.680. The summed E-state index contributed by atoms with van der Waals surface area (Å²) in [5, 5.41) is 3.41. The lowest BCUT2D eigenvalue weighted by atomic mass is 9.74. The number of nitrogens with one attached hydrogen (secondary N) is 1. The maximum atomic E-state index is 5.25. The Balaban J connectivity index is 2.39. The second kappa shape index (κ2) is 5.41. The normalized spacial score (nSPS) is 34.9. The third kappa shape index (κ3) is 3.35. The first-order valence-electron chi connectivity index (χ1n) is 5.80. The van der Waals surface area contributed by atoms with Gasteiger partial charge in [-0.15, -0.1) is 6.42 Å². The van der Waals surface area contributed by atoms with E-state index in [1.54, 1.807) is 0 Å². The highest BCUT2D eigenvalue weighted by atomic mass is 14.9. The molecule has 1 fully saturated rings. The van der Waals surface area contributed by atoms with Crippen LogP contribution in [0.3, 0.4) is 0 Å². The van der Waals surface area contributed by atoms with Crippen LogP contribution in [0, 0.1) is 30.1 Å². The number of hydrogen-bond acceptors (Lipinski definition) is 1. The standard InChI is InChI=1S/C13H23N/c1-5-6-14-12(4)13-8-10(2)7-11(3)9-13/h1,10-14H,6-9H2,2-4H3. The third-order valence-corrected chi connectivity index (χ3v) is 3.45. The van der Waals surface area contributed by atoms with E-state index in [4.69, 9.17) is 6.42 Å². The molecular formula is C13H23N. The zero-order chi connectivity index (χ0) is 10.6. The maximum absolute atomic E-state index is 5.25. The van der Waals surface area contributed by atoms with E-state index < -0.39 is 0 Å². The van der Waals surface area contributed by atoms with Crippen LogP contribution in [-0.4, -0.2) is 12.6 Å². The predicted molar refractivity (Wildman–Crippen MR) is 62.0 cm³/mol. The summed E-state index contributed by atoms with van der Waals surface area (Å²) in [6.07, 6.45) is 9.38. The Labute approximate surface area is 88.7 Å². The van der Waals surface area contributed by atoms with Crippen LogP contribution in [0.15, 0.2) is 0 Å². The van der Waals surface area contributed by atoms with E-state index in [0.717, 1.165) is 17.8 Å². The van der Waals surface area contributed by atoms with Crippen LogP contribution in [-0.2, 0) is 0 Å². The van der Waals surface area contributed by atoms with E-state index in [1.807, 2.05) is 0 Å². The fourth-order valence-corrected chi connectivity index (χ4v) is 2.80. The number of rotatable bonds is 3. The van der Waals surface area contributed by atoms with Crippen LogP contribution in [0.2, 0.25) is 0 Å². The molecule has 0 aromatic heterocycles. The van der Waals surface area contributed by atoms with Crippen molar-refractivity contribution in [1.82, 2.24) is 5.32 Å². The van der Waals surface area contributed by atoms with Crippen molar-refractivity contribution >= 4 is 0 Å². The Kier molecular flexibility index (Phi) is 4.48. The van der Waals surface area contributed by atoms with E-state index in [-0.39, 0.29) is 0 Å². The molecule has 0 saturated heterocycles. The molecule has 14 heavy (non-hydrogen) atoms. The average molecular weight is 193 g/mol. The molecule has 0 aromatic carbocycles. The summed E-state index contributed by atoms with van der Waals surface area (Å²) in [7, 11) is 0. The zero-order valence-electron chi connectivity index (χ0n) is 9.72. The third-order valence-electron chi connectivity index (χ3n) is 3.45. The minimum atomic E-state index is 0.580. The summed E-state index contributed by atoms with van der Waals surface area (Å²) in [5.41, 5.74) is 0. The zero-order valence-corrected chi connectivity index (χ0v) is 9.72. The summed E-state index contributed by atoms with van der Waals surface area (Å²) >= 11 is 0. The van der Waals surface area contributed by atoms with E-state index in [9.17, 15) is 0 Å².